The van der Waals surface area contributed by atoms with Crippen LogP contribution in [0.15, 0.2) is 0 Å². The molecule has 1 aromatic heterocycles. The van der Waals surface area contributed by atoms with Gasteiger partial charge in [-0.2, -0.15) is 0 Å². The Labute approximate surface area is 129 Å². The summed E-state index contributed by atoms with van der Waals surface area (Å²) in [6, 6.07) is 0. The molecule has 120 valence electrons. The van der Waals surface area contributed by atoms with Gasteiger partial charge < -0.3 is 10.2 Å². The van der Waals surface area contributed by atoms with Crippen molar-refractivity contribution in [3.05, 3.63) is 11.6 Å². The van der Waals surface area contributed by atoms with E-state index in [-0.39, 0.29) is 29.0 Å². The highest BCUT2D eigenvalue weighted by Crippen LogP contribution is 2.52. The topological polar surface area (TPSA) is 91.0 Å². The zero-order valence-electron chi connectivity index (χ0n) is 13.3. The standard InChI is InChI=1S/C15H23N5O2/c1-15(2)8-10(15)14(22)20-6-4-9(5-7-20)11-17-12(19-18-11)13(21)16-3/h9-10H,4-8H2,1-3H3,(H,16,21)(H,17,18,19). The summed E-state index contributed by atoms with van der Waals surface area (Å²) in [6.45, 7) is 5.81. The molecule has 7 nitrogen and oxygen atoms in total. The smallest absolute Gasteiger partial charge is 0.290 e. The zero-order valence-corrected chi connectivity index (χ0v) is 13.3. The van der Waals surface area contributed by atoms with E-state index in [9.17, 15) is 9.59 Å². The Morgan fingerprint density at radius 3 is 2.50 bits per heavy atom. The van der Waals surface area contributed by atoms with Crippen LogP contribution in [0.5, 0.6) is 0 Å². The number of aromatic nitrogens is 3. The quantitative estimate of drug-likeness (QED) is 0.868. The van der Waals surface area contributed by atoms with Crippen molar-refractivity contribution in [1.82, 2.24) is 25.4 Å². The van der Waals surface area contributed by atoms with E-state index in [1.54, 1.807) is 7.05 Å². The van der Waals surface area contributed by atoms with Crippen LogP contribution in [-0.4, -0.2) is 52.0 Å². The molecule has 1 saturated heterocycles. The monoisotopic (exact) mass is 305 g/mol. The molecule has 1 aliphatic heterocycles. The number of hydrogen-bond acceptors (Lipinski definition) is 4. The second-order valence-electron chi connectivity index (χ2n) is 6.97. The van der Waals surface area contributed by atoms with Gasteiger partial charge in [-0.25, -0.2) is 4.98 Å². The van der Waals surface area contributed by atoms with Crippen molar-refractivity contribution < 1.29 is 9.59 Å². The lowest BCUT2D eigenvalue weighted by Gasteiger charge is -2.31. The SMILES string of the molecule is CNC(=O)c1n[nH]c(C2CCN(C(=O)C3CC3(C)C)CC2)n1. The van der Waals surface area contributed by atoms with Crippen LogP contribution in [0.1, 0.15) is 55.5 Å². The molecule has 2 heterocycles. The van der Waals surface area contributed by atoms with Crippen molar-refractivity contribution in [2.75, 3.05) is 20.1 Å². The second kappa shape index (κ2) is 5.37. The molecule has 1 saturated carbocycles. The summed E-state index contributed by atoms with van der Waals surface area (Å²) in [4.78, 5) is 30.1. The van der Waals surface area contributed by atoms with Crippen molar-refractivity contribution in [3.8, 4) is 0 Å². The van der Waals surface area contributed by atoms with E-state index >= 15 is 0 Å². The van der Waals surface area contributed by atoms with Crippen molar-refractivity contribution in [1.29, 1.82) is 0 Å². The van der Waals surface area contributed by atoms with Gasteiger partial charge >= 0.3 is 0 Å². The molecule has 0 bridgehead atoms. The average molecular weight is 305 g/mol. The van der Waals surface area contributed by atoms with Gasteiger partial charge in [-0.1, -0.05) is 13.8 Å². The van der Waals surface area contributed by atoms with Crippen molar-refractivity contribution in [2.45, 2.75) is 39.0 Å². The molecular formula is C15H23N5O2. The van der Waals surface area contributed by atoms with E-state index in [1.165, 1.54) is 0 Å². The van der Waals surface area contributed by atoms with Crippen molar-refractivity contribution in [2.24, 2.45) is 11.3 Å². The Kier molecular flexibility index (Phi) is 3.66. The fraction of sp³-hybridized carbons (Fsp3) is 0.733. The molecule has 3 rings (SSSR count). The molecule has 2 N–H and O–H groups in total. The summed E-state index contributed by atoms with van der Waals surface area (Å²) in [5, 5.41) is 9.31. The summed E-state index contributed by atoms with van der Waals surface area (Å²) in [5.41, 5.74) is 0.182. The van der Waals surface area contributed by atoms with Gasteiger partial charge in [-0.3, -0.25) is 14.7 Å². The van der Waals surface area contributed by atoms with Crippen LogP contribution in [0.3, 0.4) is 0 Å². The van der Waals surface area contributed by atoms with Crippen LogP contribution < -0.4 is 5.32 Å². The predicted octanol–water partition coefficient (Wildman–Crippen LogP) is 0.916. The first kappa shape index (κ1) is 15.0. The van der Waals surface area contributed by atoms with Gasteiger partial charge in [0, 0.05) is 32.0 Å². The molecule has 22 heavy (non-hydrogen) atoms. The van der Waals surface area contributed by atoms with E-state index in [4.69, 9.17) is 0 Å². The van der Waals surface area contributed by atoms with Crippen LogP contribution in [-0.2, 0) is 4.79 Å². The highest BCUT2D eigenvalue weighted by Gasteiger charge is 2.52. The predicted molar refractivity (Wildman–Crippen MR) is 80.2 cm³/mol. The third-order valence-electron chi connectivity index (χ3n) is 4.94. The van der Waals surface area contributed by atoms with E-state index in [2.05, 4.69) is 34.3 Å². The summed E-state index contributed by atoms with van der Waals surface area (Å²) < 4.78 is 0. The maximum absolute atomic E-state index is 12.4. The number of carbonyl (C=O) groups excluding carboxylic acids is 2. The number of rotatable bonds is 3. The van der Waals surface area contributed by atoms with E-state index in [0.717, 1.165) is 38.2 Å². The number of amides is 2. The highest BCUT2D eigenvalue weighted by molar-refractivity contribution is 5.90. The molecule has 7 heteroatoms. The highest BCUT2D eigenvalue weighted by atomic mass is 16.2. The van der Waals surface area contributed by atoms with Crippen LogP contribution in [0, 0.1) is 11.3 Å². The lowest BCUT2D eigenvalue weighted by Crippen LogP contribution is -2.39. The summed E-state index contributed by atoms with van der Waals surface area (Å²) in [5.74, 6) is 1.38. The number of carbonyl (C=O) groups is 2. The number of hydrogen-bond donors (Lipinski definition) is 2. The van der Waals surface area contributed by atoms with Gasteiger partial charge in [-0.15, -0.1) is 5.10 Å². The van der Waals surface area contributed by atoms with Gasteiger partial charge in [-0.05, 0) is 24.7 Å². The number of aromatic amines is 1. The molecule has 0 spiro atoms. The fourth-order valence-electron chi connectivity index (χ4n) is 3.15. The van der Waals surface area contributed by atoms with Gasteiger partial charge in [0.1, 0.15) is 5.82 Å². The molecule has 1 aliphatic carbocycles. The Hall–Kier alpha value is -1.92. The fourth-order valence-corrected chi connectivity index (χ4v) is 3.15. The van der Waals surface area contributed by atoms with Gasteiger partial charge in [0.2, 0.25) is 11.7 Å². The largest absolute Gasteiger partial charge is 0.352 e. The molecule has 1 unspecified atom stereocenters. The molecule has 1 atom stereocenters. The van der Waals surface area contributed by atoms with E-state index < -0.39 is 0 Å². The number of likely N-dealkylation sites (tertiary alicyclic amines) is 1. The first-order valence-corrected chi connectivity index (χ1v) is 7.85. The second-order valence-corrected chi connectivity index (χ2v) is 6.97. The molecule has 2 aliphatic rings. The Bertz CT molecular complexity index is 587. The number of nitrogens with one attached hydrogen (secondary N) is 2. The minimum atomic E-state index is -0.286. The molecule has 1 aromatic rings. The molecule has 2 amide bonds. The minimum absolute atomic E-state index is 0.177. The Balaban J connectivity index is 1.57. The van der Waals surface area contributed by atoms with E-state index in [0.29, 0.717) is 5.91 Å². The third kappa shape index (κ3) is 2.71. The van der Waals surface area contributed by atoms with Crippen molar-refractivity contribution in [3.63, 3.8) is 0 Å². The summed E-state index contributed by atoms with van der Waals surface area (Å²) >= 11 is 0. The lowest BCUT2D eigenvalue weighted by molar-refractivity contribution is -0.134. The first-order chi connectivity index (χ1) is 10.4. The molecule has 2 fully saturated rings. The summed E-state index contributed by atoms with van der Waals surface area (Å²) in [6.07, 6.45) is 2.73. The number of nitrogens with zero attached hydrogens (tertiary/aromatic N) is 3. The molecule has 0 aromatic carbocycles. The Morgan fingerprint density at radius 1 is 1.32 bits per heavy atom. The van der Waals surface area contributed by atoms with Gasteiger partial charge in [0.05, 0.1) is 0 Å². The minimum Gasteiger partial charge on any atom is -0.352 e. The Morgan fingerprint density at radius 2 is 1.95 bits per heavy atom. The maximum Gasteiger partial charge on any atom is 0.290 e. The number of piperidine rings is 1. The van der Waals surface area contributed by atoms with E-state index in [1.807, 2.05) is 4.90 Å². The number of H-pyrrole nitrogens is 1. The molecular weight excluding hydrogens is 282 g/mol. The van der Waals surface area contributed by atoms with Gasteiger partial charge in [0.25, 0.3) is 5.91 Å². The van der Waals surface area contributed by atoms with Crippen LogP contribution in [0.25, 0.3) is 0 Å². The third-order valence-corrected chi connectivity index (χ3v) is 4.94. The summed E-state index contributed by atoms with van der Waals surface area (Å²) in [7, 11) is 1.56. The average Bonchev–Trinajstić information content (AvgIpc) is 2.94. The van der Waals surface area contributed by atoms with Gasteiger partial charge in [0.15, 0.2) is 0 Å². The normalized spacial score (nSPS) is 24.1. The van der Waals surface area contributed by atoms with Crippen LogP contribution in [0.2, 0.25) is 0 Å². The first-order valence-electron chi connectivity index (χ1n) is 7.85. The van der Waals surface area contributed by atoms with Crippen LogP contribution >= 0.6 is 0 Å². The molecule has 0 radical (unpaired) electrons. The lowest BCUT2D eigenvalue weighted by atomic mass is 9.95. The maximum atomic E-state index is 12.4. The van der Waals surface area contributed by atoms with Crippen LogP contribution in [0.4, 0.5) is 0 Å². The van der Waals surface area contributed by atoms with Crippen molar-refractivity contribution >= 4 is 11.8 Å². The zero-order chi connectivity index (χ0) is 15.9.